The maximum Gasteiger partial charge on any atom is 0.257 e. The summed E-state index contributed by atoms with van der Waals surface area (Å²) in [7, 11) is 0. The Morgan fingerprint density at radius 2 is 2.29 bits per heavy atom. The summed E-state index contributed by atoms with van der Waals surface area (Å²) in [6.07, 6.45) is 1.10. The quantitative estimate of drug-likeness (QED) is 0.934. The predicted molar refractivity (Wildman–Crippen MR) is 79.5 cm³/mol. The molecule has 112 valence electrons. The van der Waals surface area contributed by atoms with Crippen LogP contribution in [-0.4, -0.2) is 39.3 Å². The molecule has 5 heteroatoms. The van der Waals surface area contributed by atoms with E-state index >= 15 is 0 Å². The van der Waals surface area contributed by atoms with Crippen molar-refractivity contribution in [1.82, 2.24) is 15.0 Å². The minimum atomic E-state index is 0.184. The Balaban J connectivity index is 1.74. The molecule has 1 aromatic carbocycles. The molecule has 2 heterocycles. The number of aryl methyl sites for hydroxylation is 1. The Labute approximate surface area is 124 Å². The molecule has 1 N–H and O–H groups in total. The Morgan fingerprint density at radius 3 is 3.05 bits per heavy atom. The predicted octanol–water partition coefficient (Wildman–Crippen LogP) is 2.25. The molecule has 0 spiro atoms. The fraction of sp³-hybridized carbons (Fsp3) is 0.500. The van der Waals surface area contributed by atoms with E-state index in [1.54, 1.807) is 0 Å². The molecule has 2 unspecified atom stereocenters. The van der Waals surface area contributed by atoms with Crippen LogP contribution in [0.25, 0.3) is 11.5 Å². The minimum absolute atomic E-state index is 0.184. The first-order chi connectivity index (χ1) is 10.2. The molecule has 0 aliphatic carbocycles. The smallest absolute Gasteiger partial charge is 0.257 e. The van der Waals surface area contributed by atoms with Gasteiger partial charge in [-0.3, -0.25) is 4.90 Å². The first-order valence-electron chi connectivity index (χ1n) is 7.42. The summed E-state index contributed by atoms with van der Waals surface area (Å²) in [5.41, 5.74) is 2.11. The molecule has 1 aliphatic rings. The molecular weight excluding hydrogens is 266 g/mol. The normalized spacial score (nSPS) is 22.8. The fourth-order valence-electron chi connectivity index (χ4n) is 2.97. The van der Waals surface area contributed by atoms with Crippen LogP contribution >= 0.6 is 0 Å². The van der Waals surface area contributed by atoms with Gasteiger partial charge in [0.05, 0.1) is 13.2 Å². The number of rotatable bonds is 4. The summed E-state index contributed by atoms with van der Waals surface area (Å²) in [5.74, 6) is 1.75. The van der Waals surface area contributed by atoms with Crippen LogP contribution in [-0.2, 0) is 6.54 Å². The second kappa shape index (κ2) is 5.95. The summed E-state index contributed by atoms with van der Waals surface area (Å²) in [5, 5.41) is 13.6. The summed E-state index contributed by atoms with van der Waals surface area (Å²) in [6, 6.07) is 8.23. The number of aliphatic hydroxyl groups is 1. The topological polar surface area (TPSA) is 62.4 Å². The number of hydrogen-bond acceptors (Lipinski definition) is 5. The molecule has 1 aromatic heterocycles. The van der Waals surface area contributed by atoms with E-state index in [-0.39, 0.29) is 12.6 Å². The van der Waals surface area contributed by atoms with E-state index in [0.29, 0.717) is 24.2 Å². The SMILES string of the molecule is Cc1cccc(-c2nc(CN3CCC(C)C3CO)no2)c1. The van der Waals surface area contributed by atoms with Gasteiger partial charge in [0, 0.05) is 11.6 Å². The maximum absolute atomic E-state index is 9.49. The van der Waals surface area contributed by atoms with Gasteiger partial charge in [-0.2, -0.15) is 4.98 Å². The van der Waals surface area contributed by atoms with Crippen LogP contribution in [0.15, 0.2) is 28.8 Å². The molecule has 1 aliphatic heterocycles. The Morgan fingerprint density at radius 1 is 1.43 bits per heavy atom. The number of nitrogens with zero attached hydrogens (tertiary/aromatic N) is 3. The van der Waals surface area contributed by atoms with Gasteiger partial charge >= 0.3 is 0 Å². The van der Waals surface area contributed by atoms with E-state index in [4.69, 9.17) is 4.52 Å². The average Bonchev–Trinajstić information content (AvgIpc) is 3.07. The number of hydrogen-bond donors (Lipinski definition) is 1. The van der Waals surface area contributed by atoms with Crippen molar-refractivity contribution in [2.45, 2.75) is 32.9 Å². The summed E-state index contributed by atoms with van der Waals surface area (Å²) < 4.78 is 5.36. The lowest BCUT2D eigenvalue weighted by Gasteiger charge is -2.23. The van der Waals surface area contributed by atoms with Crippen molar-refractivity contribution in [1.29, 1.82) is 0 Å². The molecule has 0 amide bonds. The van der Waals surface area contributed by atoms with Crippen molar-refractivity contribution in [2.75, 3.05) is 13.2 Å². The molecule has 5 nitrogen and oxygen atoms in total. The summed E-state index contributed by atoms with van der Waals surface area (Å²) >= 11 is 0. The lowest BCUT2D eigenvalue weighted by atomic mass is 10.0. The maximum atomic E-state index is 9.49. The van der Waals surface area contributed by atoms with Crippen LogP contribution in [0.1, 0.15) is 24.7 Å². The third kappa shape index (κ3) is 2.99. The lowest BCUT2D eigenvalue weighted by Crippen LogP contribution is -2.34. The first-order valence-corrected chi connectivity index (χ1v) is 7.42. The molecule has 2 aromatic rings. The molecular formula is C16H21N3O2. The van der Waals surface area contributed by atoms with Gasteiger partial charge in [0.25, 0.3) is 5.89 Å². The van der Waals surface area contributed by atoms with Gasteiger partial charge in [-0.25, -0.2) is 0 Å². The van der Waals surface area contributed by atoms with Crippen molar-refractivity contribution >= 4 is 0 Å². The second-order valence-corrected chi connectivity index (χ2v) is 5.87. The molecule has 3 rings (SSSR count). The van der Waals surface area contributed by atoms with Crippen LogP contribution in [0.5, 0.6) is 0 Å². The first kappa shape index (κ1) is 14.2. The van der Waals surface area contributed by atoms with Crippen molar-refractivity contribution in [2.24, 2.45) is 5.92 Å². The highest BCUT2D eigenvalue weighted by Crippen LogP contribution is 2.25. The Hall–Kier alpha value is -1.72. The fourth-order valence-corrected chi connectivity index (χ4v) is 2.97. The van der Waals surface area contributed by atoms with Gasteiger partial charge in [-0.05, 0) is 37.9 Å². The van der Waals surface area contributed by atoms with Crippen LogP contribution in [0, 0.1) is 12.8 Å². The van der Waals surface area contributed by atoms with Crippen LogP contribution in [0.3, 0.4) is 0 Å². The number of aliphatic hydroxyl groups excluding tert-OH is 1. The average molecular weight is 287 g/mol. The largest absolute Gasteiger partial charge is 0.395 e. The molecule has 2 atom stereocenters. The van der Waals surface area contributed by atoms with E-state index in [1.165, 1.54) is 5.56 Å². The van der Waals surface area contributed by atoms with E-state index in [9.17, 15) is 5.11 Å². The van der Waals surface area contributed by atoms with E-state index in [2.05, 4.69) is 22.0 Å². The lowest BCUT2D eigenvalue weighted by molar-refractivity contribution is 0.131. The molecule has 0 saturated carbocycles. The number of benzene rings is 1. The van der Waals surface area contributed by atoms with E-state index in [0.717, 1.165) is 18.5 Å². The monoisotopic (exact) mass is 287 g/mol. The zero-order chi connectivity index (χ0) is 14.8. The highest BCUT2D eigenvalue weighted by molar-refractivity contribution is 5.53. The van der Waals surface area contributed by atoms with Crippen molar-refractivity contribution in [3.63, 3.8) is 0 Å². The van der Waals surface area contributed by atoms with E-state index < -0.39 is 0 Å². The molecule has 21 heavy (non-hydrogen) atoms. The molecule has 0 bridgehead atoms. The number of likely N-dealkylation sites (tertiary alicyclic amines) is 1. The minimum Gasteiger partial charge on any atom is -0.395 e. The van der Waals surface area contributed by atoms with Gasteiger partial charge in [0.2, 0.25) is 0 Å². The highest BCUT2D eigenvalue weighted by Gasteiger charge is 2.31. The van der Waals surface area contributed by atoms with Gasteiger partial charge in [0.15, 0.2) is 5.82 Å². The van der Waals surface area contributed by atoms with Gasteiger partial charge in [-0.1, -0.05) is 29.8 Å². The van der Waals surface area contributed by atoms with Gasteiger partial charge in [-0.15, -0.1) is 0 Å². The molecule has 0 radical (unpaired) electrons. The molecule has 1 saturated heterocycles. The Kier molecular flexibility index (Phi) is 4.03. The summed E-state index contributed by atoms with van der Waals surface area (Å²) in [6.45, 7) is 6.00. The van der Waals surface area contributed by atoms with Crippen LogP contribution < -0.4 is 0 Å². The van der Waals surface area contributed by atoms with Crippen LogP contribution in [0.2, 0.25) is 0 Å². The summed E-state index contributed by atoms with van der Waals surface area (Å²) in [4.78, 5) is 6.71. The van der Waals surface area contributed by atoms with Gasteiger partial charge in [0.1, 0.15) is 0 Å². The van der Waals surface area contributed by atoms with Gasteiger partial charge < -0.3 is 9.63 Å². The highest BCUT2D eigenvalue weighted by atomic mass is 16.5. The standard InChI is InChI=1S/C16H21N3O2/c1-11-4-3-5-13(8-11)16-17-15(18-21-16)9-19-7-6-12(2)14(19)10-20/h3-5,8,12,14,20H,6-7,9-10H2,1-2H3. The van der Waals surface area contributed by atoms with Crippen molar-refractivity contribution in [3.05, 3.63) is 35.7 Å². The number of aromatic nitrogens is 2. The zero-order valence-corrected chi connectivity index (χ0v) is 12.5. The Bertz CT molecular complexity index is 611. The second-order valence-electron chi connectivity index (χ2n) is 5.87. The molecule has 1 fully saturated rings. The third-order valence-electron chi connectivity index (χ3n) is 4.26. The van der Waals surface area contributed by atoms with Crippen molar-refractivity contribution in [3.8, 4) is 11.5 Å². The zero-order valence-electron chi connectivity index (χ0n) is 12.5. The van der Waals surface area contributed by atoms with Crippen molar-refractivity contribution < 1.29 is 9.63 Å². The van der Waals surface area contributed by atoms with Crippen LogP contribution in [0.4, 0.5) is 0 Å². The van der Waals surface area contributed by atoms with E-state index in [1.807, 2.05) is 31.2 Å². The third-order valence-corrected chi connectivity index (χ3v) is 4.26.